The van der Waals surface area contributed by atoms with Gasteiger partial charge in [-0.05, 0) is 38.0 Å². The number of hydrogen-bond donors (Lipinski definition) is 1. The quantitative estimate of drug-likeness (QED) is 0.834. The number of rotatable bonds is 7. The van der Waals surface area contributed by atoms with Crippen molar-refractivity contribution in [3.8, 4) is 0 Å². The van der Waals surface area contributed by atoms with Crippen molar-refractivity contribution in [3.63, 3.8) is 0 Å². The van der Waals surface area contributed by atoms with Crippen LogP contribution in [0.2, 0.25) is 0 Å². The molecule has 0 radical (unpaired) electrons. The van der Waals surface area contributed by atoms with Crippen LogP contribution in [-0.4, -0.2) is 37.0 Å². The van der Waals surface area contributed by atoms with E-state index in [9.17, 15) is 8.42 Å². The van der Waals surface area contributed by atoms with Gasteiger partial charge in [0.2, 0.25) is 10.0 Å². The summed E-state index contributed by atoms with van der Waals surface area (Å²) in [5.74, 6) is 0. The highest BCUT2D eigenvalue weighted by molar-refractivity contribution is 7.89. The number of sulfonamides is 1. The molecule has 5 heteroatoms. The molecule has 1 aromatic carbocycles. The maximum Gasteiger partial charge on any atom is 0.243 e. The minimum absolute atomic E-state index is 0.122. The van der Waals surface area contributed by atoms with Crippen LogP contribution < -0.4 is 0 Å². The average Bonchev–Trinajstić information content (AvgIpc) is 2.36. The summed E-state index contributed by atoms with van der Waals surface area (Å²) in [5.41, 5.74) is 1.14. The molecule has 0 heterocycles. The van der Waals surface area contributed by atoms with Crippen molar-refractivity contribution < 1.29 is 13.5 Å². The third kappa shape index (κ3) is 4.03. The van der Waals surface area contributed by atoms with Crippen molar-refractivity contribution in [1.82, 2.24) is 4.31 Å². The van der Waals surface area contributed by atoms with E-state index in [1.165, 1.54) is 4.31 Å². The van der Waals surface area contributed by atoms with Crippen LogP contribution in [0.3, 0.4) is 0 Å². The van der Waals surface area contributed by atoms with Gasteiger partial charge in [-0.15, -0.1) is 0 Å². The molecule has 4 nitrogen and oxygen atoms in total. The maximum atomic E-state index is 12.4. The Kier molecular flexibility index (Phi) is 5.97. The first kappa shape index (κ1) is 16.1. The zero-order valence-electron chi connectivity index (χ0n) is 11.8. The first-order valence-corrected chi connectivity index (χ1v) is 8.09. The average molecular weight is 285 g/mol. The maximum absolute atomic E-state index is 12.4. The standard InChI is InChI=1S/C14H23NO3S/c1-4-5-13-6-8-14(9-7-13)19(17,18)15(10-11-16)12(2)3/h6-9,12,16H,4-5,10-11H2,1-3H3. The van der Waals surface area contributed by atoms with Gasteiger partial charge in [0.1, 0.15) is 0 Å². The molecule has 0 aromatic heterocycles. The lowest BCUT2D eigenvalue weighted by molar-refractivity contribution is 0.236. The Morgan fingerprint density at radius 1 is 1.21 bits per heavy atom. The summed E-state index contributed by atoms with van der Waals surface area (Å²) < 4.78 is 26.2. The zero-order valence-corrected chi connectivity index (χ0v) is 12.7. The molecule has 0 unspecified atom stereocenters. The van der Waals surface area contributed by atoms with E-state index in [0.717, 1.165) is 18.4 Å². The van der Waals surface area contributed by atoms with Crippen LogP contribution in [0.5, 0.6) is 0 Å². The topological polar surface area (TPSA) is 57.6 Å². The normalized spacial score (nSPS) is 12.3. The Bertz CT molecular complexity index is 480. The minimum atomic E-state index is -3.52. The van der Waals surface area contributed by atoms with Crippen LogP contribution in [0.25, 0.3) is 0 Å². The van der Waals surface area contributed by atoms with Gasteiger partial charge < -0.3 is 5.11 Å². The summed E-state index contributed by atoms with van der Waals surface area (Å²) in [5, 5.41) is 9.00. The van der Waals surface area contributed by atoms with E-state index in [0.29, 0.717) is 0 Å². The molecule has 1 N–H and O–H groups in total. The highest BCUT2D eigenvalue weighted by atomic mass is 32.2. The number of aryl methyl sites for hydroxylation is 1. The van der Waals surface area contributed by atoms with Gasteiger partial charge in [0.15, 0.2) is 0 Å². The van der Waals surface area contributed by atoms with Gasteiger partial charge in [0.25, 0.3) is 0 Å². The molecule has 0 spiro atoms. The van der Waals surface area contributed by atoms with E-state index in [2.05, 4.69) is 6.92 Å². The van der Waals surface area contributed by atoms with E-state index in [1.807, 2.05) is 12.1 Å². The lowest BCUT2D eigenvalue weighted by Crippen LogP contribution is -2.38. The van der Waals surface area contributed by atoms with Crippen LogP contribution in [0, 0.1) is 0 Å². The molecule has 0 saturated heterocycles. The van der Waals surface area contributed by atoms with Crippen LogP contribution in [0.4, 0.5) is 0 Å². The van der Waals surface area contributed by atoms with Crippen molar-refractivity contribution in [1.29, 1.82) is 0 Å². The SMILES string of the molecule is CCCc1ccc(S(=O)(=O)N(CCO)C(C)C)cc1. The molecule has 108 valence electrons. The van der Waals surface area contributed by atoms with Gasteiger partial charge in [-0.25, -0.2) is 8.42 Å². The van der Waals surface area contributed by atoms with Crippen molar-refractivity contribution in [2.45, 2.75) is 44.6 Å². The molecule has 0 fully saturated rings. The minimum Gasteiger partial charge on any atom is -0.395 e. The van der Waals surface area contributed by atoms with Gasteiger partial charge >= 0.3 is 0 Å². The van der Waals surface area contributed by atoms with Crippen LogP contribution in [0.1, 0.15) is 32.8 Å². The van der Waals surface area contributed by atoms with Crippen LogP contribution >= 0.6 is 0 Å². The molecule has 0 aliphatic heterocycles. The third-order valence-electron chi connectivity index (χ3n) is 2.96. The summed E-state index contributed by atoms with van der Waals surface area (Å²) >= 11 is 0. The molecule has 0 atom stereocenters. The molecular formula is C14H23NO3S. The second kappa shape index (κ2) is 7.03. The predicted octanol–water partition coefficient (Wildman–Crippen LogP) is 2.03. The molecule has 1 aromatic rings. The second-order valence-electron chi connectivity index (χ2n) is 4.83. The Balaban J connectivity index is 3.04. The molecule has 0 aliphatic rings. The number of hydrogen-bond acceptors (Lipinski definition) is 3. The van der Waals surface area contributed by atoms with Gasteiger partial charge in [0, 0.05) is 12.6 Å². The second-order valence-corrected chi connectivity index (χ2v) is 6.72. The Morgan fingerprint density at radius 2 is 1.79 bits per heavy atom. The highest BCUT2D eigenvalue weighted by Crippen LogP contribution is 2.19. The fourth-order valence-electron chi connectivity index (χ4n) is 2.01. The van der Waals surface area contributed by atoms with Gasteiger partial charge in [-0.1, -0.05) is 25.5 Å². The number of aliphatic hydroxyl groups excluding tert-OH is 1. The predicted molar refractivity (Wildman–Crippen MR) is 76.6 cm³/mol. The molecule has 0 bridgehead atoms. The molecule has 0 saturated carbocycles. The third-order valence-corrected chi connectivity index (χ3v) is 5.05. The molecular weight excluding hydrogens is 262 g/mol. The fraction of sp³-hybridized carbons (Fsp3) is 0.571. The number of nitrogens with zero attached hydrogens (tertiary/aromatic N) is 1. The highest BCUT2D eigenvalue weighted by Gasteiger charge is 2.26. The van der Waals surface area contributed by atoms with Crippen LogP contribution in [-0.2, 0) is 16.4 Å². The van der Waals surface area contributed by atoms with E-state index in [1.54, 1.807) is 26.0 Å². The van der Waals surface area contributed by atoms with Crippen molar-refractivity contribution in [3.05, 3.63) is 29.8 Å². The Morgan fingerprint density at radius 3 is 2.21 bits per heavy atom. The van der Waals surface area contributed by atoms with Crippen LogP contribution in [0.15, 0.2) is 29.2 Å². The summed E-state index contributed by atoms with van der Waals surface area (Å²) in [6, 6.07) is 6.83. The van der Waals surface area contributed by atoms with E-state index >= 15 is 0 Å². The molecule has 19 heavy (non-hydrogen) atoms. The van der Waals surface area contributed by atoms with Crippen molar-refractivity contribution in [2.24, 2.45) is 0 Å². The van der Waals surface area contributed by atoms with E-state index < -0.39 is 10.0 Å². The summed E-state index contributed by atoms with van der Waals surface area (Å²) in [7, 11) is -3.52. The first-order chi connectivity index (χ1) is 8.93. The van der Waals surface area contributed by atoms with Crippen molar-refractivity contribution >= 4 is 10.0 Å². The Hall–Kier alpha value is -0.910. The summed E-state index contributed by atoms with van der Waals surface area (Å²) in [6.45, 7) is 5.64. The molecule has 0 amide bonds. The van der Waals surface area contributed by atoms with E-state index in [-0.39, 0.29) is 24.1 Å². The van der Waals surface area contributed by atoms with Gasteiger partial charge in [0.05, 0.1) is 11.5 Å². The van der Waals surface area contributed by atoms with Crippen molar-refractivity contribution in [2.75, 3.05) is 13.2 Å². The number of benzene rings is 1. The molecule has 0 aliphatic carbocycles. The largest absolute Gasteiger partial charge is 0.395 e. The van der Waals surface area contributed by atoms with E-state index in [4.69, 9.17) is 5.11 Å². The lowest BCUT2D eigenvalue weighted by atomic mass is 10.1. The van der Waals surface area contributed by atoms with Gasteiger partial charge in [-0.3, -0.25) is 0 Å². The summed E-state index contributed by atoms with van der Waals surface area (Å²) in [6.07, 6.45) is 1.99. The summed E-state index contributed by atoms with van der Waals surface area (Å²) in [4.78, 5) is 0.287. The first-order valence-electron chi connectivity index (χ1n) is 6.65. The lowest BCUT2D eigenvalue weighted by Gasteiger charge is -2.25. The monoisotopic (exact) mass is 285 g/mol. The zero-order chi connectivity index (χ0) is 14.5. The van der Waals surface area contributed by atoms with Gasteiger partial charge in [-0.2, -0.15) is 4.31 Å². The Labute approximate surface area is 116 Å². The number of aliphatic hydroxyl groups is 1. The fourth-order valence-corrected chi connectivity index (χ4v) is 3.63. The smallest absolute Gasteiger partial charge is 0.243 e. The molecule has 1 rings (SSSR count).